The van der Waals surface area contributed by atoms with Crippen LogP contribution in [0.3, 0.4) is 0 Å². The van der Waals surface area contributed by atoms with Crippen LogP contribution in [0.2, 0.25) is 0 Å². The number of carbonyl (C=O) groups is 2. The summed E-state index contributed by atoms with van der Waals surface area (Å²) in [6, 6.07) is 19.5. The molecule has 0 saturated heterocycles. The second kappa shape index (κ2) is 12.5. The minimum Gasteiger partial charge on any atom is -0.485 e. The van der Waals surface area contributed by atoms with Crippen molar-refractivity contribution < 1.29 is 28.6 Å². The number of para-hydroxylation sites is 1. The van der Waals surface area contributed by atoms with Crippen molar-refractivity contribution in [1.29, 1.82) is 0 Å². The number of aromatic nitrogens is 1. The van der Waals surface area contributed by atoms with Crippen molar-refractivity contribution in [2.45, 2.75) is 26.4 Å². The van der Waals surface area contributed by atoms with Crippen molar-refractivity contribution in [1.82, 2.24) is 10.3 Å². The molecule has 2 amide bonds. The van der Waals surface area contributed by atoms with Crippen LogP contribution in [-0.2, 0) is 9.59 Å². The molecular weight excluding hydrogens is 527 g/mol. The molecule has 0 saturated carbocycles. The number of allylic oxidation sites excluding steroid dienone is 1. The standard InChI is InChI=1S/C31H31FN4O5/c1-19(33-4)28(29(38)35-20-8-6-5-7-9-20)30(39)36-21-10-13-27(24(32)16-21)40-26-14-15-34-25-17-22(11-12-23(25)26)41-31(2,3)18-37/h5-17,33,37H,18H2,1-4H3,(H,35,38)(H,36,39)/b28-19+. The Hall–Kier alpha value is -4.96. The summed E-state index contributed by atoms with van der Waals surface area (Å²) in [5.74, 6) is -1.22. The molecule has 4 aromatic rings. The third kappa shape index (κ3) is 7.17. The molecule has 0 bridgehead atoms. The lowest BCUT2D eigenvalue weighted by Gasteiger charge is -2.24. The summed E-state index contributed by atoms with van der Waals surface area (Å²) < 4.78 is 26.8. The highest BCUT2D eigenvalue weighted by Crippen LogP contribution is 2.33. The monoisotopic (exact) mass is 558 g/mol. The van der Waals surface area contributed by atoms with E-state index in [2.05, 4.69) is 20.9 Å². The third-order valence-corrected chi connectivity index (χ3v) is 6.09. The van der Waals surface area contributed by atoms with Crippen LogP contribution in [0.25, 0.3) is 10.9 Å². The highest BCUT2D eigenvalue weighted by Gasteiger charge is 2.23. The fourth-order valence-electron chi connectivity index (χ4n) is 3.86. The van der Waals surface area contributed by atoms with E-state index < -0.39 is 23.2 Å². The van der Waals surface area contributed by atoms with Gasteiger partial charge in [-0.3, -0.25) is 14.6 Å². The lowest BCUT2D eigenvalue weighted by atomic mass is 10.1. The lowest BCUT2D eigenvalue weighted by molar-refractivity contribution is -0.118. The van der Waals surface area contributed by atoms with Crippen molar-refractivity contribution in [2.75, 3.05) is 24.3 Å². The Kier molecular flexibility index (Phi) is 8.84. The van der Waals surface area contributed by atoms with E-state index in [1.54, 1.807) is 76.3 Å². The molecule has 0 aliphatic heterocycles. The molecule has 41 heavy (non-hydrogen) atoms. The summed E-state index contributed by atoms with van der Waals surface area (Å²) in [5.41, 5.74) is 0.657. The average molecular weight is 559 g/mol. The van der Waals surface area contributed by atoms with Gasteiger partial charge in [0, 0.05) is 47.8 Å². The second-order valence-electron chi connectivity index (χ2n) is 9.78. The number of rotatable bonds is 10. The van der Waals surface area contributed by atoms with Crippen LogP contribution in [0.5, 0.6) is 17.2 Å². The van der Waals surface area contributed by atoms with Crippen LogP contribution in [0, 0.1) is 5.82 Å². The number of nitrogens with zero attached hydrogens (tertiary/aromatic N) is 1. The van der Waals surface area contributed by atoms with E-state index in [-0.39, 0.29) is 23.6 Å². The van der Waals surface area contributed by atoms with Gasteiger partial charge in [-0.1, -0.05) is 18.2 Å². The summed E-state index contributed by atoms with van der Waals surface area (Å²) in [6.45, 7) is 4.96. The van der Waals surface area contributed by atoms with Crippen molar-refractivity contribution in [3.63, 3.8) is 0 Å². The molecule has 9 nitrogen and oxygen atoms in total. The maximum atomic E-state index is 15.1. The fourth-order valence-corrected chi connectivity index (χ4v) is 3.86. The number of benzene rings is 3. The predicted octanol–water partition coefficient (Wildman–Crippen LogP) is 5.39. The molecule has 3 aromatic carbocycles. The van der Waals surface area contributed by atoms with Crippen LogP contribution < -0.4 is 25.4 Å². The molecular formula is C31H31FN4O5. The van der Waals surface area contributed by atoms with Crippen LogP contribution in [-0.4, -0.2) is 41.2 Å². The van der Waals surface area contributed by atoms with Gasteiger partial charge in [-0.05, 0) is 63.2 Å². The molecule has 1 aromatic heterocycles. The van der Waals surface area contributed by atoms with E-state index in [1.165, 1.54) is 18.3 Å². The van der Waals surface area contributed by atoms with Gasteiger partial charge in [-0.2, -0.15) is 0 Å². The molecule has 0 fully saturated rings. The van der Waals surface area contributed by atoms with Gasteiger partial charge in [0.2, 0.25) is 0 Å². The lowest BCUT2D eigenvalue weighted by Crippen LogP contribution is -2.32. The molecule has 0 spiro atoms. The minimum absolute atomic E-state index is 0.0683. The van der Waals surface area contributed by atoms with Gasteiger partial charge in [0.15, 0.2) is 11.6 Å². The first-order valence-electron chi connectivity index (χ1n) is 12.8. The summed E-state index contributed by atoms with van der Waals surface area (Å²) >= 11 is 0. The Labute approximate surface area is 237 Å². The van der Waals surface area contributed by atoms with Gasteiger partial charge in [-0.15, -0.1) is 0 Å². The van der Waals surface area contributed by atoms with E-state index in [0.717, 1.165) is 6.07 Å². The number of pyridine rings is 1. The molecule has 1 heterocycles. The van der Waals surface area contributed by atoms with Gasteiger partial charge in [0.05, 0.1) is 12.1 Å². The van der Waals surface area contributed by atoms with Gasteiger partial charge in [0.1, 0.15) is 22.7 Å². The number of fused-ring (bicyclic) bond motifs is 1. The topological polar surface area (TPSA) is 122 Å². The van der Waals surface area contributed by atoms with Crippen LogP contribution in [0.4, 0.5) is 15.8 Å². The molecule has 0 unspecified atom stereocenters. The Balaban J connectivity index is 1.51. The van der Waals surface area contributed by atoms with Gasteiger partial charge < -0.3 is 30.5 Å². The van der Waals surface area contributed by atoms with E-state index in [4.69, 9.17) is 9.47 Å². The SMILES string of the molecule is CN/C(C)=C(\C(=O)Nc1ccccc1)C(=O)Nc1ccc(Oc2ccnc3cc(OC(C)(C)CO)ccc23)c(F)c1. The van der Waals surface area contributed by atoms with E-state index in [9.17, 15) is 14.7 Å². The van der Waals surface area contributed by atoms with Crippen molar-refractivity contribution >= 4 is 34.1 Å². The van der Waals surface area contributed by atoms with Gasteiger partial charge in [-0.25, -0.2) is 4.39 Å². The number of nitrogens with one attached hydrogen (secondary N) is 3. The molecule has 0 atom stereocenters. The zero-order valence-corrected chi connectivity index (χ0v) is 23.1. The first-order chi connectivity index (χ1) is 19.6. The van der Waals surface area contributed by atoms with Gasteiger partial charge in [0.25, 0.3) is 11.8 Å². The zero-order chi connectivity index (χ0) is 29.6. The normalized spacial score (nSPS) is 11.9. The van der Waals surface area contributed by atoms with Crippen molar-refractivity contribution in [2.24, 2.45) is 0 Å². The average Bonchev–Trinajstić information content (AvgIpc) is 2.94. The number of ether oxygens (including phenoxy) is 2. The Morgan fingerprint density at radius 3 is 2.29 bits per heavy atom. The quantitative estimate of drug-likeness (QED) is 0.117. The molecule has 0 radical (unpaired) electrons. The van der Waals surface area contributed by atoms with E-state index >= 15 is 4.39 Å². The summed E-state index contributed by atoms with van der Waals surface area (Å²) in [6.07, 6.45) is 1.53. The molecule has 212 valence electrons. The summed E-state index contributed by atoms with van der Waals surface area (Å²) in [4.78, 5) is 30.3. The molecule has 0 aliphatic carbocycles. The number of amides is 2. The first kappa shape index (κ1) is 29.0. The van der Waals surface area contributed by atoms with Crippen LogP contribution in [0.15, 0.2) is 90.3 Å². The molecule has 4 N–H and O–H groups in total. The molecule has 10 heteroatoms. The van der Waals surface area contributed by atoms with E-state index in [1.807, 2.05) is 6.07 Å². The number of hydrogen-bond acceptors (Lipinski definition) is 7. The second-order valence-corrected chi connectivity index (χ2v) is 9.78. The molecule has 4 rings (SSSR count). The third-order valence-electron chi connectivity index (χ3n) is 6.09. The Morgan fingerprint density at radius 1 is 0.927 bits per heavy atom. The highest BCUT2D eigenvalue weighted by molar-refractivity contribution is 6.26. The Bertz CT molecular complexity index is 1610. The van der Waals surface area contributed by atoms with Crippen molar-refractivity contribution in [3.8, 4) is 17.2 Å². The van der Waals surface area contributed by atoms with Gasteiger partial charge >= 0.3 is 0 Å². The summed E-state index contributed by atoms with van der Waals surface area (Å²) in [5, 5.41) is 18.2. The fraction of sp³-hybridized carbons (Fsp3) is 0.194. The molecule has 0 aliphatic rings. The number of aliphatic hydroxyl groups is 1. The smallest absolute Gasteiger partial charge is 0.263 e. The number of carbonyl (C=O) groups excluding carboxylic acids is 2. The largest absolute Gasteiger partial charge is 0.485 e. The van der Waals surface area contributed by atoms with Crippen molar-refractivity contribution in [3.05, 3.63) is 96.1 Å². The van der Waals surface area contributed by atoms with Crippen LogP contribution >= 0.6 is 0 Å². The minimum atomic E-state index is -0.768. The zero-order valence-electron chi connectivity index (χ0n) is 23.1. The first-order valence-corrected chi connectivity index (χ1v) is 12.8. The number of aliphatic hydroxyl groups excluding tert-OH is 1. The predicted molar refractivity (Wildman–Crippen MR) is 155 cm³/mol. The van der Waals surface area contributed by atoms with Crippen LogP contribution in [0.1, 0.15) is 20.8 Å². The Morgan fingerprint density at radius 2 is 1.63 bits per heavy atom. The summed E-state index contributed by atoms with van der Waals surface area (Å²) in [7, 11) is 1.59. The number of hydrogen-bond donors (Lipinski definition) is 4. The van der Waals surface area contributed by atoms with E-state index in [0.29, 0.717) is 33.8 Å². The number of anilines is 2. The maximum Gasteiger partial charge on any atom is 0.263 e. The highest BCUT2D eigenvalue weighted by atomic mass is 19.1. The maximum absolute atomic E-state index is 15.1. The number of halogens is 1.